The van der Waals surface area contributed by atoms with Crippen LogP contribution in [0.4, 0.5) is 17.6 Å². The lowest BCUT2D eigenvalue weighted by molar-refractivity contribution is -0.171. The molecule has 0 bridgehead atoms. The van der Waals surface area contributed by atoms with E-state index >= 15 is 0 Å². The van der Waals surface area contributed by atoms with E-state index in [0.717, 1.165) is 33.2 Å². The summed E-state index contributed by atoms with van der Waals surface area (Å²) in [7, 11) is 0. The molecular weight excluding hydrogens is 788 g/mol. The van der Waals surface area contributed by atoms with Gasteiger partial charge in [-0.25, -0.2) is 22.4 Å². The van der Waals surface area contributed by atoms with E-state index in [1.54, 1.807) is 69.3 Å². The lowest BCUT2D eigenvalue weighted by atomic mass is 10.1. The van der Waals surface area contributed by atoms with Gasteiger partial charge in [-0.05, 0) is 131 Å². The highest BCUT2D eigenvalue weighted by Crippen LogP contribution is 2.29. The van der Waals surface area contributed by atoms with Gasteiger partial charge in [0.1, 0.15) is 5.60 Å². The first-order valence-corrected chi connectivity index (χ1v) is 16.4. The van der Waals surface area contributed by atoms with Crippen LogP contribution in [-0.4, -0.2) is 33.8 Å². The number of phenols is 1. The molecule has 6 nitrogen and oxygen atoms in total. The first-order chi connectivity index (χ1) is 23.3. The van der Waals surface area contributed by atoms with E-state index in [2.05, 4.69) is 31.9 Å². The number of hydrogen-bond acceptors (Lipinski definition) is 6. The van der Waals surface area contributed by atoms with Crippen molar-refractivity contribution in [1.82, 2.24) is 0 Å². The van der Waals surface area contributed by atoms with Crippen molar-refractivity contribution in [3.8, 4) is 11.5 Å². The Kier molecular flexibility index (Phi) is 13.5. The lowest BCUT2D eigenvalue weighted by Gasteiger charge is -2.29. The van der Waals surface area contributed by atoms with Gasteiger partial charge in [-0.2, -0.15) is 0 Å². The summed E-state index contributed by atoms with van der Waals surface area (Å²) >= 11 is 6.54. The summed E-state index contributed by atoms with van der Waals surface area (Å²) in [5.41, 5.74) is -1.19. The van der Waals surface area contributed by atoms with Gasteiger partial charge < -0.3 is 14.6 Å². The number of halogens is 6. The number of hydrogen-bond donors (Lipinski definition) is 1. The highest BCUT2D eigenvalue weighted by Gasteiger charge is 2.36. The predicted molar refractivity (Wildman–Crippen MR) is 190 cm³/mol. The highest BCUT2D eigenvalue weighted by molar-refractivity contribution is 9.10. The number of allylic oxidation sites excluding steroid dienone is 2. The Labute approximate surface area is 303 Å². The summed E-state index contributed by atoms with van der Waals surface area (Å²) in [6.45, 7) is 7.77. The van der Waals surface area contributed by atoms with Crippen molar-refractivity contribution in [1.29, 1.82) is 0 Å². The number of esters is 1. The second kappa shape index (κ2) is 16.9. The van der Waals surface area contributed by atoms with Gasteiger partial charge in [0.2, 0.25) is 5.60 Å². The minimum atomic E-state index is -1.61. The Hall–Kier alpha value is -4.55. The predicted octanol–water partition coefficient (Wildman–Crippen LogP) is 10.5. The average molecular weight is 820 g/mol. The quantitative estimate of drug-likeness (QED) is 0.0783. The molecule has 4 aromatic rings. The first kappa shape index (κ1) is 39.9. The summed E-state index contributed by atoms with van der Waals surface area (Å²) in [6.07, 6.45) is 5.03. The molecule has 0 aliphatic carbocycles. The summed E-state index contributed by atoms with van der Waals surface area (Å²) in [5, 5.41) is 8.97. The normalized spacial score (nSPS) is 11.7. The molecule has 0 atom stereocenters. The van der Waals surface area contributed by atoms with Gasteiger partial charge in [0.15, 0.2) is 46.3 Å². The lowest BCUT2D eigenvalue weighted by Crippen LogP contribution is -2.43. The second-order valence-corrected chi connectivity index (χ2v) is 14.0. The zero-order valence-electron chi connectivity index (χ0n) is 27.5. The van der Waals surface area contributed by atoms with Crippen LogP contribution in [0.1, 0.15) is 66.5 Å². The molecule has 0 heterocycles. The fourth-order valence-electron chi connectivity index (χ4n) is 3.92. The first-order valence-electron chi connectivity index (χ1n) is 14.8. The van der Waals surface area contributed by atoms with Crippen LogP contribution in [0, 0.1) is 23.3 Å². The van der Waals surface area contributed by atoms with Crippen molar-refractivity contribution in [2.45, 2.75) is 45.8 Å². The number of benzene rings is 4. The summed E-state index contributed by atoms with van der Waals surface area (Å²) in [6, 6.07) is 17.4. The number of ether oxygens (including phenoxy) is 2. The molecule has 0 fully saturated rings. The minimum Gasteiger partial charge on any atom is -0.503 e. The molecule has 12 heteroatoms. The number of ketones is 2. The Morgan fingerprint density at radius 1 is 0.640 bits per heavy atom. The number of rotatable bonds is 9. The Balaban J connectivity index is 0.000000292. The van der Waals surface area contributed by atoms with Crippen molar-refractivity contribution in [3.05, 3.63) is 139 Å². The molecule has 0 spiro atoms. The van der Waals surface area contributed by atoms with Crippen molar-refractivity contribution >= 4 is 61.5 Å². The van der Waals surface area contributed by atoms with Crippen LogP contribution in [0.2, 0.25) is 0 Å². The maximum absolute atomic E-state index is 14.5. The third-order valence-corrected chi connectivity index (χ3v) is 7.48. The zero-order valence-corrected chi connectivity index (χ0v) is 30.7. The standard InChI is InChI=1S/C23H23BrF2O4.C15H9BrF2O2/c1-22(2,3)30-21(28)23(4,5)29-20-17(25)12-14(13-18(20)26)6-11-19(27)15-7-9-16(24)10-8-15;16-11-4-2-10(3-5-11)14(19)6-1-9-7-12(17)15(20)13(18)8-9/h6-13H,1-5H3;1-8,20H/b11-6+;6-1+. The van der Waals surface area contributed by atoms with E-state index in [9.17, 15) is 31.9 Å². The van der Waals surface area contributed by atoms with E-state index in [0.29, 0.717) is 11.1 Å². The van der Waals surface area contributed by atoms with Crippen LogP contribution in [0.3, 0.4) is 0 Å². The van der Waals surface area contributed by atoms with Crippen LogP contribution in [0.25, 0.3) is 12.2 Å². The van der Waals surface area contributed by atoms with E-state index in [1.165, 1.54) is 38.2 Å². The molecule has 262 valence electrons. The van der Waals surface area contributed by atoms with Gasteiger partial charge in [-0.1, -0.05) is 44.0 Å². The topological polar surface area (TPSA) is 89.9 Å². The fraction of sp³-hybridized carbons (Fsp3) is 0.184. The zero-order chi connectivity index (χ0) is 37.4. The smallest absolute Gasteiger partial charge is 0.350 e. The number of phenolic OH excluding ortho intramolecular Hbond substituents is 1. The van der Waals surface area contributed by atoms with Crippen molar-refractivity contribution in [2.75, 3.05) is 0 Å². The van der Waals surface area contributed by atoms with Crippen molar-refractivity contribution in [2.24, 2.45) is 0 Å². The number of aromatic hydroxyl groups is 1. The molecule has 0 unspecified atom stereocenters. The van der Waals surface area contributed by atoms with Gasteiger partial charge in [0.25, 0.3) is 0 Å². The average Bonchev–Trinajstić information content (AvgIpc) is 3.03. The Bertz CT molecular complexity index is 1880. The Morgan fingerprint density at radius 2 is 1.00 bits per heavy atom. The van der Waals surface area contributed by atoms with E-state index in [1.807, 2.05) is 0 Å². The van der Waals surface area contributed by atoms with Gasteiger partial charge >= 0.3 is 5.97 Å². The minimum absolute atomic E-state index is 0.137. The molecule has 4 rings (SSSR count). The van der Waals surface area contributed by atoms with Crippen molar-refractivity contribution in [3.63, 3.8) is 0 Å². The molecule has 0 amide bonds. The Morgan fingerprint density at radius 3 is 1.36 bits per heavy atom. The molecule has 0 saturated heterocycles. The maximum Gasteiger partial charge on any atom is 0.350 e. The highest BCUT2D eigenvalue weighted by atomic mass is 79.9. The largest absolute Gasteiger partial charge is 0.503 e. The van der Waals surface area contributed by atoms with Crippen LogP contribution in [0.15, 0.2) is 93.9 Å². The van der Waals surface area contributed by atoms with Gasteiger partial charge in [0.05, 0.1) is 0 Å². The van der Waals surface area contributed by atoms with E-state index in [4.69, 9.17) is 14.6 Å². The molecule has 0 saturated carbocycles. The van der Waals surface area contributed by atoms with Crippen LogP contribution in [0.5, 0.6) is 11.5 Å². The molecular formula is C38H32Br2F4O6. The molecule has 0 aromatic heterocycles. The monoisotopic (exact) mass is 818 g/mol. The molecule has 1 N–H and O–H groups in total. The summed E-state index contributed by atoms with van der Waals surface area (Å²) in [5.74, 6) is -7.20. The molecule has 0 radical (unpaired) electrons. The summed E-state index contributed by atoms with van der Waals surface area (Å²) in [4.78, 5) is 36.3. The fourth-order valence-corrected chi connectivity index (χ4v) is 4.45. The van der Waals surface area contributed by atoms with Gasteiger partial charge in [-0.3, -0.25) is 9.59 Å². The van der Waals surface area contributed by atoms with Crippen LogP contribution in [-0.2, 0) is 9.53 Å². The van der Waals surface area contributed by atoms with E-state index in [-0.39, 0.29) is 22.7 Å². The van der Waals surface area contributed by atoms with Crippen LogP contribution >= 0.6 is 31.9 Å². The van der Waals surface area contributed by atoms with Crippen LogP contribution < -0.4 is 4.74 Å². The second-order valence-electron chi connectivity index (χ2n) is 12.2. The molecule has 4 aromatic carbocycles. The molecule has 0 aliphatic rings. The molecule has 0 aliphatic heterocycles. The summed E-state index contributed by atoms with van der Waals surface area (Å²) < 4.78 is 67.4. The van der Waals surface area contributed by atoms with E-state index < -0.39 is 51.9 Å². The van der Waals surface area contributed by atoms with Gasteiger partial charge in [-0.15, -0.1) is 0 Å². The third kappa shape index (κ3) is 11.8. The number of carbonyl (C=O) groups is 3. The molecule has 50 heavy (non-hydrogen) atoms. The van der Waals surface area contributed by atoms with Gasteiger partial charge in [0, 0.05) is 20.1 Å². The SMILES string of the molecule is CC(C)(C)OC(=O)C(C)(C)Oc1c(F)cc(/C=C/C(=O)c2ccc(Br)cc2)cc1F.O=C(/C=C/c1cc(F)c(O)c(F)c1)c1ccc(Br)cc1. The number of carbonyl (C=O) groups excluding carboxylic acids is 3. The van der Waals surface area contributed by atoms with Crippen molar-refractivity contribution < 1.29 is 46.5 Å². The maximum atomic E-state index is 14.5. The third-order valence-electron chi connectivity index (χ3n) is 6.42.